The summed E-state index contributed by atoms with van der Waals surface area (Å²) >= 11 is 9.16. The molecule has 0 aromatic rings. The highest BCUT2D eigenvalue weighted by atomic mass is 32.2. The summed E-state index contributed by atoms with van der Waals surface area (Å²) < 4.78 is 5.03. The van der Waals surface area contributed by atoms with Crippen LogP contribution in [0, 0.1) is 0 Å². The predicted octanol–water partition coefficient (Wildman–Crippen LogP) is 3.26. The smallest absolute Gasteiger partial charge is 0.251 e. The Labute approximate surface area is 87.8 Å². The first kappa shape index (κ1) is 12.3. The van der Waals surface area contributed by atoms with Gasteiger partial charge in [-0.1, -0.05) is 32.4 Å². The molecule has 0 unspecified atom stereocenters. The molecular formula is C7H12O2S3. The first-order valence-electron chi connectivity index (χ1n) is 3.74. The summed E-state index contributed by atoms with van der Waals surface area (Å²) in [4.78, 5) is 10.4. The van der Waals surface area contributed by atoms with E-state index in [2.05, 4.69) is 19.6 Å². The number of hydrogen-bond donors (Lipinski definition) is 1. The largest absolute Gasteiger partial charge is 0.478 e. The number of ether oxygens (including phenoxy) is 1. The van der Waals surface area contributed by atoms with Crippen molar-refractivity contribution in [2.45, 2.75) is 26.2 Å². The highest BCUT2D eigenvalue weighted by Crippen LogP contribution is 2.11. The molecule has 0 aromatic carbocycles. The van der Waals surface area contributed by atoms with Crippen molar-refractivity contribution in [3.63, 3.8) is 0 Å². The second-order valence-corrected chi connectivity index (χ2v) is 4.46. The van der Waals surface area contributed by atoms with Gasteiger partial charge in [0.25, 0.3) is 4.45 Å². The van der Waals surface area contributed by atoms with E-state index in [1.807, 2.05) is 0 Å². The van der Waals surface area contributed by atoms with Crippen LogP contribution in [0.2, 0.25) is 0 Å². The molecule has 5 heteroatoms. The van der Waals surface area contributed by atoms with Gasteiger partial charge in [-0.05, 0) is 18.6 Å². The van der Waals surface area contributed by atoms with E-state index in [1.54, 1.807) is 0 Å². The van der Waals surface area contributed by atoms with Gasteiger partial charge in [-0.15, -0.1) is 0 Å². The highest BCUT2D eigenvalue weighted by Gasteiger charge is 2.02. The molecule has 0 amide bonds. The number of hydrogen-bond acceptors (Lipinski definition) is 4. The van der Waals surface area contributed by atoms with Crippen LogP contribution in [-0.2, 0) is 4.74 Å². The van der Waals surface area contributed by atoms with Gasteiger partial charge in [0.2, 0.25) is 4.38 Å². The van der Waals surface area contributed by atoms with Gasteiger partial charge in [0.15, 0.2) is 0 Å². The van der Waals surface area contributed by atoms with Crippen LogP contribution in [0.5, 0.6) is 0 Å². The summed E-state index contributed by atoms with van der Waals surface area (Å²) in [5, 5.41) is 0. The maximum atomic E-state index is 10.4. The monoisotopic (exact) mass is 224 g/mol. The second kappa shape index (κ2) is 7.89. The highest BCUT2D eigenvalue weighted by molar-refractivity contribution is 8.43. The van der Waals surface area contributed by atoms with E-state index in [4.69, 9.17) is 17.0 Å². The Kier molecular flexibility index (Phi) is 8.06. The quantitative estimate of drug-likeness (QED) is 0.450. The zero-order valence-corrected chi connectivity index (χ0v) is 9.44. The lowest BCUT2D eigenvalue weighted by atomic mass is 10.3. The standard InChI is InChI=1S/C7H12O2S3/c1-2-3-4-5-9-7(11)12-6(8)10/h2-5H2,1H3,(H,8,10). The average Bonchev–Trinajstić information content (AvgIpc) is 1.97. The fraction of sp³-hybridized carbons (Fsp3) is 0.714. The van der Waals surface area contributed by atoms with E-state index in [0.717, 1.165) is 31.0 Å². The lowest BCUT2D eigenvalue weighted by molar-refractivity contribution is 0.276. The zero-order valence-electron chi connectivity index (χ0n) is 6.91. The first-order chi connectivity index (χ1) is 5.66. The second-order valence-electron chi connectivity index (χ2n) is 2.17. The Bertz CT molecular complexity index is 159. The van der Waals surface area contributed by atoms with E-state index in [0.29, 0.717) is 6.61 Å². The summed E-state index contributed by atoms with van der Waals surface area (Å²) in [5.41, 5.74) is 0. The summed E-state index contributed by atoms with van der Waals surface area (Å²) in [6.07, 6.45) is 3.26. The maximum Gasteiger partial charge on any atom is 0.251 e. The van der Waals surface area contributed by atoms with Crippen molar-refractivity contribution in [3.05, 3.63) is 0 Å². The van der Waals surface area contributed by atoms with Crippen LogP contribution in [-0.4, -0.2) is 15.4 Å². The Morgan fingerprint density at radius 2 is 2.25 bits per heavy atom. The van der Waals surface area contributed by atoms with Crippen LogP contribution in [0.4, 0.5) is 4.79 Å². The van der Waals surface area contributed by atoms with Gasteiger partial charge in [-0.25, -0.2) is 0 Å². The molecule has 12 heavy (non-hydrogen) atoms. The van der Waals surface area contributed by atoms with Crippen LogP contribution in [0.15, 0.2) is 0 Å². The van der Waals surface area contributed by atoms with Crippen molar-refractivity contribution in [1.82, 2.24) is 0 Å². The topological polar surface area (TPSA) is 26.3 Å². The Morgan fingerprint density at radius 1 is 1.58 bits per heavy atom. The number of thiocarbonyl (C=S) groups is 1. The first-order valence-corrected chi connectivity index (χ1v) is 5.41. The van der Waals surface area contributed by atoms with E-state index in [1.165, 1.54) is 0 Å². The van der Waals surface area contributed by atoms with E-state index < -0.39 is 0 Å². The van der Waals surface area contributed by atoms with Gasteiger partial charge in [0.1, 0.15) is 0 Å². The lowest BCUT2D eigenvalue weighted by Crippen LogP contribution is -2.00. The Hall–Kier alpha value is 0.260. The third-order valence-corrected chi connectivity index (χ3v) is 2.24. The van der Waals surface area contributed by atoms with Crippen LogP contribution in [0.25, 0.3) is 0 Å². The van der Waals surface area contributed by atoms with Crippen molar-refractivity contribution < 1.29 is 9.53 Å². The fourth-order valence-electron chi connectivity index (χ4n) is 0.608. The molecule has 0 aliphatic carbocycles. The van der Waals surface area contributed by atoms with Crippen molar-refractivity contribution in [1.29, 1.82) is 0 Å². The lowest BCUT2D eigenvalue weighted by Gasteiger charge is -2.03. The molecule has 2 nitrogen and oxygen atoms in total. The van der Waals surface area contributed by atoms with Gasteiger partial charge in [-0.2, -0.15) is 0 Å². The normalized spacial score (nSPS) is 9.50. The molecule has 0 spiro atoms. The molecule has 0 aromatic heterocycles. The van der Waals surface area contributed by atoms with Gasteiger partial charge < -0.3 is 4.74 Å². The van der Waals surface area contributed by atoms with Crippen molar-refractivity contribution in [2.75, 3.05) is 6.61 Å². The SMILES string of the molecule is CCCCCOC(=S)SC(=O)S. The molecule has 0 saturated heterocycles. The summed E-state index contributed by atoms with van der Waals surface area (Å²) in [5.74, 6) is 0. The van der Waals surface area contributed by atoms with E-state index >= 15 is 0 Å². The molecule has 0 atom stereocenters. The van der Waals surface area contributed by atoms with Gasteiger partial charge >= 0.3 is 0 Å². The fourth-order valence-corrected chi connectivity index (χ4v) is 1.64. The minimum atomic E-state index is -0.324. The molecular weight excluding hydrogens is 212 g/mol. The van der Waals surface area contributed by atoms with Crippen molar-refractivity contribution >= 4 is 45.4 Å². The van der Waals surface area contributed by atoms with Crippen molar-refractivity contribution in [3.8, 4) is 0 Å². The molecule has 0 heterocycles. The van der Waals surface area contributed by atoms with Gasteiger partial charge in [0, 0.05) is 11.8 Å². The third-order valence-electron chi connectivity index (χ3n) is 1.14. The third kappa shape index (κ3) is 8.36. The van der Waals surface area contributed by atoms with E-state index in [-0.39, 0.29) is 8.83 Å². The number of thiol groups is 1. The zero-order chi connectivity index (χ0) is 9.40. The molecule has 0 aliphatic heterocycles. The minimum Gasteiger partial charge on any atom is -0.478 e. The van der Waals surface area contributed by atoms with Gasteiger partial charge in [0.05, 0.1) is 6.61 Å². The van der Waals surface area contributed by atoms with Crippen molar-refractivity contribution in [2.24, 2.45) is 0 Å². The van der Waals surface area contributed by atoms with Crippen LogP contribution in [0.3, 0.4) is 0 Å². The number of rotatable bonds is 4. The molecule has 70 valence electrons. The predicted molar refractivity (Wildman–Crippen MR) is 60.0 cm³/mol. The van der Waals surface area contributed by atoms with Gasteiger partial charge in [-0.3, -0.25) is 4.79 Å². The number of carbonyl (C=O) groups is 1. The van der Waals surface area contributed by atoms with E-state index in [9.17, 15) is 4.79 Å². The number of thioether (sulfide) groups is 1. The van der Waals surface area contributed by atoms with Crippen LogP contribution in [0.1, 0.15) is 26.2 Å². The molecule has 0 rings (SSSR count). The Morgan fingerprint density at radius 3 is 2.75 bits per heavy atom. The average molecular weight is 224 g/mol. The molecule has 0 saturated carbocycles. The molecule has 0 N–H and O–H groups in total. The summed E-state index contributed by atoms with van der Waals surface area (Å²) in [6.45, 7) is 2.71. The summed E-state index contributed by atoms with van der Waals surface area (Å²) in [6, 6.07) is 0. The minimum absolute atomic E-state index is 0.270. The Balaban J connectivity index is 3.26. The molecule has 0 fully saturated rings. The maximum absolute atomic E-state index is 10.4. The molecule has 0 bridgehead atoms. The summed E-state index contributed by atoms with van der Waals surface area (Å²) in [7, 11) is 0. The van der Waals surface area contributed by atoms with Crippen LogP contribution >= 0.6 is 36.6 Å². The molecule has 0 radical (unpaired) electrons. The van der Waals surface area contributed by atoms with Crippen LogP contribution < -0.4 is 0 Å². The molecule has 0 aliphatic rings. The number of carbonyl (C=O) groups excluding carboxylic acids is 1. The number of unbranched alkanes of at least 4 members (excludes halogenated alkanes) is 2.